The normalized spacial score (nSPS) is 10.9. The quantitative estimate of drug-likeness (QED) is 0.525. The molecule has 0 unspecified atom stereocenters. The number of hydrogen-bond acceptors (Lipinski definition) is 6. The fourth-order valence-corrected chi connectivity index (χ4v) is 3.01. The van der Waals surface area contributed by atoms with Gasteiger partial charge in [-0.3, -0.25) is 14.2 Å². The summed E-state index contributed by atoms with van der Waals surface area (Å²) in [7, 11) is 0. The van der Waals surface area contributed by atoms with Crippen molar-refractivity contribution >= 4 is 28.4 Å². The van der Waals surface area contributed by atoms with Crippen LogP contribution < -0.4 is 10.9 Å². The van der Waals surface area contributed by atoms with E-state index in [1.807, 2.05) is 12.1 Å². The van der Waals surface area contributed by atoms with E-state index in [-0.39, 0.29) is 36.9 Å². The van der Waals surface area contributed by atoms with Crippen LogP contribution in [0.4, 0.5) is 0 Å². The van der Waals surface area contributed by atoms with Gasteiger partial charge in [0.1, 0.15) is 0 Å². The highest BCUT2D eigenvalue weighted by Crippen LogP contribution is 2.19. The largest absolute Gasteiger partial charge is 0.347 e. The van der Waals surface area contributed by atoms with Gasteiger partial charge in [-0.2, -0.15) is 4.98 Å². The minimum atomic E-state index is -0.243. The van der Waals surface area contributed by atoms with Crippen molar-refractivity contribution in [1.82, 2.24) is 25.0 Å². The van der Waals surface area contributed by atoms with E-state index in [4.69, 9.17) is 16.1 Å². The van der Waals surface area contributed by atoms with Crippen molar-refractivity contribution in [1.29, 1.82) is 0 Å². The van der Waals surface area contributed by atoms with Gasteiger partial charge in [0.25, 0.3) is 5.56 Å². The number of amides is 1. The van der Waals surface area contributed by atoms with Crippen LogP contribution in [0.2, 0.25) is 5.02 Å². The van der Waals surface area contributed by atoms with Gasteiger partial charge in [0, 0.05) is 23.6 Å². The molecule has 0 fully saturated rings. The molecule has 1 N–H and O–H groups in total. The average Bonchev–Trinajstić information content (AvgIpc) is 3.21. The summed E-state index contributed by atoms with van der Waals surface area (Å²) in [5.41, 5.74) is 1.18. The topological polar surface area (TPSA) is 103 Å². The summed E-state index contributed by atoms with van der Waals surface area (Å²) >= 11 is 5.96. The second-order valence-corrected chi connectivity index (χ2v) is 6.75. The number of benzene rings is 2. The first-order valence-electron chi connectivity index (χ1n) is 8.89. The Morgan fingerprint density at radius 2 is 2.03 bits per heavy atom. The molecule has 0 saturated carbocycles. The second kappa shape index (κ2) is 8.24. The van der Waals surface area contributed by atoms with Crippen molar-refractivity contribution in [2.24, 2.45) is 0 Å². The van der Waals surface area contributed by atoms with E-state index >= 15 is 0 Å². The van der Waals surface area contributed by atoms with E-state index in [1.54, 1.807) is 36.4 Å². The summed E-state index contributed by atoms with van der Waals surface area (Å²) in [4.78, 5) is 33.0. The van der Waals surface area contributed by atoms with E-state index in [1.165, 1.54) is 10.9 Å². The zero-order chi connectivity index (χ0) is 20.2. The maximum absolute atomic E-state index is 12.4. The molecule has 1 amide bonds. The lowest BCUT2D eigenvalue weighted by molar-refractivity contribution is -0.121. The third-order valence-electron chi connectivity index (χ3n) is 4.30. The lowest BCUT2D eigenvalue weighted by Gasteiger charge is -2.06. The number of fused-ring (bicyclic) bond motifs is 1. The van der Waals surface area contributed by atoms with Crippen molar-refractivity contribution in [3.8, 4) is 11.4 Å². The lowest BCUT2D eigenvalue weighted by atomic mass is 10.2. The van der Waals surface area contributed by atoms with Gasteiger partial charge in [0.15, 0.2) is 0 Å². The first kappa shape index (κ1) is 18.8. The molecule has 4 rings (SSSR count). The number of para-hydroxylation sites is 1. The molecule has 146 valence electrons. The molecule has 2 aromatic carbocycles. The van der Waals surface area contributed by atoms with Crippen LogP contribution in [0, 0.1) is 0 Å². The number of rotatable bonds is 6. The molecule has 2 aromatic heterocycles. The van der Waals surface area contributed by atoms with Gasteiger partial charge in [0.05, 0.1) is 23.8 Å². The Kier molecular flexibility index (Phi) is 5.35. The molecule has 0 aliphatic rings. The third kappa shape index (κ3) is 4.33. The minimum absolute atomic E-state index is 0.0945. The van der Waals surface area contributed by atoms with Gasteiger partial charge in [-0.25, -0.2) is 4.98 Å². The Bertz CT molecular complexity index is 1230. The Balaban J connectivity index is 1.34. The number of nitrogens with zero attached hydrogens (tertiary/aromatic N) is 4. The Morgan fingerprint density at radius 3 is 2.90 bits per heavy atom. The van der Waals surface area contributed by atoms with Crippen LogP contribution in [-0.4, -0.2) is 25.6 Å². The SMILES string of the molecule is O=C(CCn1cnc2ccccc2c1=O)NCc1nc(-c2cccc(Cl)c2)no1. The zero-order valence-corrected chi connectivity index (χ0v) is 16.0. The number of aryl methyl sites for hydroxylation is 1. The number of carbonyl (C=O) groups excluding carboxylic acids is 1. The second-order valence-electron chi connectivity index (χ2n) is 6.31. The van der Waals surface area contributed by atoms with Gasteiger partial charge in [-0.15, -0.1) is 0 Å². The molecule has 0 aliphatic heterocycles. The van der Waals surface area contributed by atoms with Gasteiger partial charge in [-0.05, 0) is 24.3 Å². The molecule has 9 heteroatoms. The first-order valence-corrected chi connectivity index (χ1v) is 9.27. The number of hydrogen-bond donors (Lipinski definition) is 1. The highest BCUT2D eigenvalue weighted by molar-refractivity contribution is 6.30. The van der Waals surface area contributed by atoms with Crippen LogP contribution in [-0.2, 0) is 17.9 Å². The van der Waals surface area contributed by atoms with Crippen LogP contribution >= 0.6 is 11.6 Å². The van der Waals surface area contributed by atoms with Crippen LogP contribution in [0.3, 0.4) is 0 Å². The molecule has 8 nitrogen and oxygen atoms in total. The van der Waals surface area contributed by atoms with Gasteiger partial charge < -0.3 is 9.84 Å². The van der Waals surface area contributed by atoms with Crippen LogP contribution in [0.5, 0.6) is 0 Å². The summed E-state index contributed by atoms with van der Waals surface area (Å²) in [6.07, 6.45) is 1.57. The van der Waals surface area contributed by atoms with Crippen LogP contribution in [0.25, 0.3) is 22.3 Å². The van der Waals surface area contributed by atoms with E-state index < -0.39 is 0 Å². The van der Waals surface area contributed by atoms with Gasteiger partial charge in [-0.1, -0.05) is 41.0 Å². The molecule has 0 spiro atoms. The van der Waals surface area contributed by atoms with Crippen LogP contribution in [0.1, 0.15) is 12.3 Å². The summed E-state index contributed by atoms with van der Waals surface area (Å²) in [5.74, 6) is 0.427. The van der Waals surface area contributed by atoms with Crippen LogP contribution in [0.15, 0.2) is 64.2 Å². The first-order chi connectivity index (χ1) is 14.1. The lowest BCUT2D eigenvalue weighted by Crippen LogP contribution is -2.27. The Hall–Kier alpha value is -3.52. The summed E-state index contributed by atoms with van der Waals surface area (Å²) < 4.78 is 6.58. The standard InChI is InChI=1S/C20H16ClN5O3/c21-14-5-3-4-13(10-14)19-24-18(29-25-19)11-22-17(27)8-9-26-12-23-16-7-2-1-6-15(16)20(26)28/h1-7,10,12H,8-9,11H2,(H,22,27). The molecule has 0 saturated heterocycles. The predicted molar refractivity (Wildman–Crippen MR) is 107 cm³/mol. The predicted octanol–water partition coefficient (Wildman–Crippen LogP) is 2.81. The molecule has 0 atom stereocenters. The number of nitrogens with one attached hydrogen (secondary N) is 1. The average molecular weight is 410 g/mol. The minimum Gasteiger partial charge on any atom is -0.347 e. The molecule has 4 aromatic rings. The fourth-order valence-electron chi connectivity index (χ4n) is 2.82. The molecule has 0 bridgehead atoms. The molecular formula is C20H16ClN5O3. The highest BCUT2D eigenvalue weighted by atomic mass is 35.5. The van der Waals surface area contributed by atoms with Gasteiger partial charge in [0.2, 0.25) is 17.6 Å². The van der Waals surface area contributed by atoms with E-state index in [0.29, 0.717) is 21.7 Å². The monoisotopic (exact) mass is 409 g/mol. The third-order valence-corrected chi connectivity index (χ3v) is 4.53. The zero-order valence-electron chi connectivity index (χ0n) is 15.2. The van der Waals surface area contributed by atoms with Crippen molar-refractivity contribution in [3.63, 3.8) is 0 Å². The maximum Gasteiger partial charge on any atom is 0.261 e. The highest BCUT2D eigenvalue weighted by Gasteiger charge is 2.11. The smallest absolute Gasteiger partial charge is 0.261 e. The Labute approximate surface area is 170 Å². The van der Waals surface area contributed by atoms with Crippen molar-refractivity contribution in [2.75, 3.05) is 0 Å². The fraction of sp³-hybridized carbons (Fsp3) is 0.150. The molecule has 29 heavy (non-hydrogen) atoms. The van der Waals surface area contributed by atoms with E-state index in [0.717, 1.165) is 5.56 Å². The van der Waals surface area contributed by atoms with Crippen molar-refractivity contribution in [3.05, 3.63) is 76.1 Å². The number of aromatic nitrogens is 4. The molecule has 0 radical (unpaired) electrons. The number of halogens is 1. The van der Waals surface area contributed by atoms with E-state index in [9.17, 15) is 9.59 Å². The number of carbonyl (C=O) groups is 1. The van der Waals surface area contributed by atoms with Gasteiger partial charge >= 0.3 is 0 Å². The summed E-state index contributed by atoms with van der Waals surface area (Å²) in [5, 5.41) is 7.69. The van der Waals surface area contributed by atoms with Crippen molar-refractivity contribution in [2.45, 2.75) is 19.5 Å². The Morgan fingerprint density at radius 1 is 1.17 bits per heavy atom. The molecule has 0 aliphatic carbocycles. The maximum atomic E-state index is 12.4. The van der Waals surface area contributed by atoms with E-state index in [2.05, 4.69) is 20.4 Å². The molecule has 2 heterocycles. The molecular weight excluding hydrogens is 394 g/mol. The van der Waals surface area contributed by atoms with Crippen molar-refractivity contribution < 1.29 is 9.32 Å². The summed E-state index contributed by atoms with van der Waals surface area (Å²) in [6, 6.07) is 14.2. The summed E-state index contributed by atoms with van der Waals surface area (Å²) in [6.45, 7) is 0.317.